The average Bonchev–Trinajstić information content (AvgIpc) is 2.63. The summed E-state index contributed by atoms with van der Waals surface area (Å²) in [5.41, 5.74) is 1.89. The predicted molar refractivity (Wildman–Crippen MR) is 97.6 cm³/mol. The molecule has 0 N–H and O–H groups in total. The summed E-state index contributed by atoms with van der Waals surface area (Å²) in [4.78, 5) is 8.28. The van der Waals surface area contributed by atoms with E-state index in [0.29, 0.717) is 22.5 Å². The minimum Gasteiger partial charge on any atom is -0.377 e. The maximum Gasteiger partial charge on any atom is 0.394 e. The van der Waals surface area contributed by atoms with E-state index in [0.717, 1.165) is 6.92 Å². The zero-order valence-electron chi connectivity index (χ0n) is 16.6. The maximum atomic E-state index is 13.3. The molecule has 2 rings (SSSR count). The van der Waals surface area contributed by atoms with Crippen molar-refractivity contribution < 1.29 is 40.2 Å². The highest BCUT2D eigenvalue weighted by Gasteiger charge is 2.43. The molecule has 0 aliphatic carbocycles. The van der Waals surface area contributed by atoms with Crippen molar-refractivity contribution in [3.63, 3.8) is 0 Å². The number of nitrogens with zero attached hydrogens (tertiary/aromatic N) is 2. The summed E-state index contributed by atoms with van der Waals surface area (Å²) >= 11 is 0. The second-order valence-electron chi connectivity index (χ2n) is 7.11. The van der Waals surface area contributed by atoms with E-state index >= 15 is 0 Å². The van der Waals surface area contributed by atoms with Gasteiger partial charge in [0.25, 0.3) is 5.92 Å². The van der Waals surface area contributed by atoms with Crippen LogP contribution in [0.4, 0.5) is 30.7 Å². The molecule has 0 radical (unpaired) electrons. The van der Waals surface area contributed by atoms with Gasteiger partial charge in [0.05, 0.1) is 31.2 Å². The van der Waals surface area contributed by atoms with E-state index in [1.807, 2.05) is 0 Å². The first-order valence-electron chi connectivity index (χ1n) is 9.21. The summed E-state index contributed by atoms with van der Waals surface area (Å²) in [6.07, 6.45) is -4.79. The van der Waals surface area contributed by atoms with Gasteiger partial charge in [-0.3, -0.25) is 9.97 Å². The summed E-state index contributed by atoms with van der Waals surface area (Å²) in [6, 6.07) is 6.26. The lowest BCUT2D eigenvalue weighted by Crippen LogP contribution is -2.30. The Bertz CT molecular complexity index is 839. The molecule has 31 heavy (non-hydrogen) atoms. The number of pyridine rings is 2. The number of hydrogen-bond donors (Lipinski definition) is 0. The third kappa shape index (κ3) is 10.1. The van der Waals surface area contributed by atoms with Crippen LogP contribution < -0.4 is 0 Å². The van der Waals surface area contributed by atoms with Crippen molar-refractivity contribution in [2.75, 3.05) is 13.2 Å². The second-order valence-corrected chi connectivity index (χ2v) is 7.11. The maximum absolute atomic E-state index is 13.3. The predicted octanol–water partition coefficient (Wildman–Crippen LogP) is 5.81. The zero-order chi connectivity index (χ0) is 23.1. The minimum atomic E-state index is -4.99. The second kappa shape index (κ2) is 10.4. The van der Waals surface area contributed by atoms with Crippen molar-refractivity contribution in [1.29, 1.82) is 0 Å². The molecular weight excluding hydrogens is 433 g/mol. The molecule has 0 fully saturated rings. The fourth-order valence-corrected chi connectivity index (χ4v) is 2.51. The Balaban J connectivity index is 1.94. The lowest BCUT2D eigenvalue weighted by atomic mass is 10.1. The Labute approximate surface area is 174 Å². The van der Waals surface area contributed by atoms with Crippen LogP contribution in [0.2, 0.25) is 0 Å². The van der Waals surface area contributed by atoms with Crippen LogP contribution >= 0.6 is 0 Å². The fraction of sp³-hybridized carbons (Fsp3) is 0.500. The van der Waals surface area contributed by atoms with Crippen molar-refractivity contribution in [3.8, 4) is 11.4 Å². The normalized spacial score (nSPS) is 12.9. The fourth-order valence-electron chi connectivity index (χ4n) is 2.51. The topological polar surface area (TPSA) is 44.2 Å². The molecule has 11 heteroatoms. The first-order valence-corrected chi connectivity index (χ1v) is 9.21. The average molecular weight is 454 g/mol. The van der Waals surface area contributed by atoms with Gasteiger partial charge < -0.3 is 9.47 Å². The van der Waals surface area contributed by atoms with Crippen molar-refractivity contribution >= 4 is 0 Å². The minimum absolute atomic E-state index is 0.0860. The molecule has 0 atom stereocenters. The first kappa shape index (κ1) is 25.0. The van der Waals surface area contributed by atoms with Crippen LogP contribution in [-0.4, -0.2) is 41.2 Å². The third-order valence-corrected chi connectivity index (χ3v) is 3.91. The molecule has 172 valence electrons. The van der Waals surface area contributed by atoms with Crippen LogP contribution in [0.3, 0.4) is 0 Å². The number of halogens is 7. The Morgan fingerprint density at radius 3 is 1.81 bits per heavy atom. The molecule has 2 aromatic rings. The molecule has 0 saturated carbocycles. The van der Waals surface area contributed by atoms with Crippen LogP contribution in [0, 0.1) is 0 Å². The lowest BCUT2D eigenvalue weighted by molar-refractivity contribution is -0.202. The van der Waals surface area contributed by atoms with Crippen LogP contribution in [0.15, 0.2) is 36.7 Å². The van der Waals surface area contributed by atoms with Crippen LogP contribution in [0.25, 0.3) is 11.4 Å². The highest BCUT2D eigenvalue weighted by atomic mass is 19.4. The molecular formula is C20H21F7N2O2. The number of alkyl halides is 7. The van der Waals surface area contributed by atoms with E-state index < -0.39 is 37.5 Å². The van der Waals surface area contributed by atoms with Crippen LogP contribution in [0.1, 0.15) is 30.9 Å². The molecule has 2 heterocycles. The Morgan fingerprint density at radius 1 is 0.806 bits per heavy atom. The molecule has 0 spiro atoms. The molecule has 0 aliphatic heterocycles. The molecule has 0 aromatic carbocycles. The molecule has 0 saturated heterocycles. The summed E-state index contributed by atoms with van der Waals surface area (Å²) in [6.45, 7) is -0.933. The molecule has 0 bridgehead atoms. The highest BCUT2D eigenvalue weighted by Crippen LogP contribution is 2.31. The first-order chi connectivity index (χ1) is 14.3. The van der Waals surface area contributed by atoms with E-state index in [9.17, 15) is 30.7 Å². The number of hydrogen-bond acceptors (Lipinski definition) is 4. The SMILES string of the molecule is CC(F)(F)CCOCc1ccnc(-c2cc(COCC(F)(F)CC(F)(F)F)ccn2)c1. The quantitative estimate of drug-likeness (QED) is 0.318. The van der Waals surface area contributed by atoms with Gasteiger partial charge in [-0.2, -0.15) is 13.2 Å². The van der Waals surface area contributed by atoms with Gasteiger partial charge in [-0.1, -0.05) is 0 Å². The van der Waals surface area contributed by atoms with Gasteiger partial charge in [-0.25, -0.2) is 17.6 Å². The van der Waals surface area contributed by atoms with Gasteiger partial charge in [0.15, 0.2) is 0 Å². The zero-order valence-corrected chi connectivity index (χ0v) is 16.6. The lowest BCUT2D eigenvalue weighted by Gasteiger charge is -2.18. The largest absolute Gasteiger partial charge is 0.394 e. The van der Waals surface area contributed by atoms with Gasteiger partial charge in [-0.15, -0.1) is 0 Å². The Kier molecular flexibility index (Phi) is 8.35. The van der Waals surface area contributed by atoms with E-state index in [2.05, 4.69) is 9.97 Å². The standard InChI is InChI=1S/C20H21F7N2O2/c1-18(21,22)4-7-30-10-14-2-5-28-16(8-14)17-9-15(3-6-29-17)11-31-13-19(23,24)12-20(25,26)27/h2-3,5-6,8-9H,4,7,10-13H2,1H3. The summed E-state index contributed by atoms with van der Waals surface area (Å²) < 4.78 is 98.5. The summed E-state index contributed by atoms with van der Waals surface area (Å²) in [7, 11) is 0. The van der Waals surface area contributed by atoms with Crippen molar-refractivity contribution in [3.05, 3.63) is 47.8 Å². The smallest absolute Gasteiger partial charge is 0.377 e. The number of aromatic nitrogens is 2. The summed E-state index contributed by atoms with van der Waals surface area (Å²) in [5.74, 6) is -6.84. The van der Waals surface area contributed by atoms with Gasteiger partial charge in [0, 0.05) is 18.8 Å². The van der Waals surface area contributed by atoms with Crippen molar-refractivity contribution in [2.24, 2.45) is 0 Å². The van der Waals surface area contributed by atoms with Gasteiger partial charge in [0.1, 0.15) is 13.0 Å². The van der Waals surface area contributed by atoms with E-state index in [-0.39, 0.29) is 19.8 Å². The van der Waals surface area contributed by atoms with E-state index in [1.165, 1.54) is 24.5 Å². The molecule has 4 nitrogen and oxygen atoms in total. The molecule has 2 aromatic heterocycles. The van der Waals surface area contributed by atoms with E-state index in [1.54, 1.807) is 12.1 Å². The molecule has 0 unspecified atom stereocenters. The van der Waals surface area contributed by atoms with E-state index in [4.69, 9.17) is 9.47 Å². The van der Waals surface area contributed by atoms with Crippen LogP contribution in [0.5, 0.6) is 0 Å². The molecule has 0 amide bonds. The Hall–Kier alpha value is -2.27. The third-order valence-electron chi connectivity index (χ3n) is 3.91. The Morgan fingerprint density at radius 2 is 1.32 bits per heavy atom. The van der Waals surface area contributed by atoms with Crippen molar-refractivity contribution in [2.45, 2.75) is 51.0 Å². The van der Waals surface area contributed by atoms with Crippen molar-refractivity contribution in [1.82, 2.24) is 9.97 Å². The highest BCUT2D eigenvalue weighted by molar-refractivity contribution is 5.55. The molecule has 0 aliphatic rings. The number of rotatable bonds is 11. The van der Waals surface area contributed by atoms with Gasteiger partial charge >= 0.3 is 6.18 Å². The monoisotopic (exact) mass is 454 g/mol. The van der Waals surface area contributed by atoms with Gasteiger partial charge in [-0.05, 0) is 42.3 Å². The van der Waals surface area contributed by atoms with Gasteiger partial charge in [0.2, 0.25) is 5.92 Å². The summed E-state index contributed by atoms with van der Waals surface area (Å²) in [5, 5.41) is 0. The van der Waals surface area contributed by atoms with Crippen LogP contribution in [-0.2, 0) is 22.7 Å². The number of ether oxygens (including phenoxy) is 2.